The summed E-state index contributed by atoms with van der Waals surface area (Å²) in [5, 5.41) is 7.46. The second kappa shape index (κ2) is 4.38. The van der Waals surface area contributed by atoms with E-state index in [9.17, 15) is 0 Å². The molecule has 0 aromatic heterocycles. The molecular weight excluding hydrogens is 150 g/mol. The molecule has 68 valence electrons. The molecule has 1 aliphatic rings. The molecule has 0 aliphatic carbocycles. The quantitative estimate of drug-likeness (QED) is 0.661. The van der Waals surface area contributed by atoms with E-state index in [1.165, 1.54) is 0 Å². The van der Waals surface area contributed by atoms with E-state index in [0.717, 1.165) is 31.9 Å². The topological polar surface area (TPSA) is 30.3 Å². The Morgan fingerprint density at radius 2 is 2.33 bits per heavy atom. The van der Waals surface area contributed by atoms with Crippen LogP contribution in [-0.2, 0) is 0 Å². The van der Waals surface area contributed by atoms with Crippen LogP contribution in [-0.4, -0.2) is 55.8 Å². The van der Waals surface area contributed by atoms with E-state index < -0.39 is 0 Å². The van der Waals surface area contributed by atoms with Crippen molar-refractivity contribution in [2.45, 2.75) is 0 Å². The molecule has 1 rings (SSSR count). The minimum Gasteiger partial charge on any atom is -0.308 e. The molecule has 0 spiro atoms. The third-order valence-corrected chi connectivity index (χ3v) is 1.94. The predicted molar refractivity (Wildman–Crippen MR) is 51.9 cm³/mol. The van der Waals surface area contributed by atoms with Crippen molar-refractivity contribution in [2.24, 2.45) is 0 Å². The highest BCUT2D eigenvalue weighted by atomic mass is 15.2. The van der Waals surface area contributed by atoms with Gasteiger partial charge in [0.25, 0.3) is 0 Å². The van der Waals surface area contributed by atoms with Gasteiger partial charge in [0.15, 0.2) is 0 Å². The van der Waals surface area contributed by atoms with E-state index in [4.69, 9.17) is 5.41 Å². The molecule has 1 N–H and O–H groups in total. The van der Waals surface area contributed by atoms with Crippen molar-refractivity contribution in [2.75, 3.05) is 40.3 Å². The Hall–Kier alpha value is -0.670. The summed E-state index contributed by atoms with van der Waals surface area (Å²) in [6, 6.07) is 0. The monoisotopic (exact) mass is 167 g/mol. The van der Waals surface area contributed by atoms with Crippen LogP contribution in [0.5, 0.6) is 0 Å². The molecule has 0 bridgehead atoms. The lowest BCUT2D eigenvalue weighted by Gasteiger charge is -2.24. The lowest BCUT2D eigenvalue weighted by molar-refractivity contribution is 0.285. The number of nitrogens with one attached hydrogen (secondary N) is 1. The van der Waals surface area contributed by atoms with Crippen LogP contribution in [0.15, 0.2) is 12.2 Å². The van der Waals surface area contributed by atoms with E-state index >= 15 is 0 Å². The Kier molecular flexibility index (Phi) is 3.44. The van der Waals surface area contributed by atoms with Gasteiger partial charge in [-0.05, 0) is 20.2 Å². The van der Waals surface area contributed by atoms with Crippen LogP contribution < -0.4 is 0 Å². The fourth-order valence-electron chi connectivity index (χ4n) is 1.21. The van der Waals surface area contributed by atoms with Crippen LogP contribution in [0, 0.1) is 5.41 Å². The summed E-state index contributed by atoms with van der Waals surface area (Å²) < 4.78 is 0. The maximum atomic E-state index is 7.46. The number of nitrogens with zero attached hydrogens (tertiary/aromatic N) is 2. The van der Waals surface area contributed by atoms with Gasteiger partial charge < -0.3 is 10.3 Å². The Labute approximate surface area is 74.2 Å². The largest absolute Gasteiger partial charge is 0.308 e. The second-order valence-corrected chi connectivity index (χ2v) is 3.47. The molecule has 0 saturated carbocycles. The SMILES string of the molecule is CN(C)CCN1CC=CC(=N)C1. The van der Waals surface area contributed by atoms with Gasteiger partial charge in [-0.15, -0.1) is 0 Å². The van der Waals surface area contributed by atoms with Gasteiger partial charge in [0.2, 0.25) is 0 Å². The standard InChI is InChI=1S/C9H17N3/c1-11(2)6-7-12-5-3-4-9(10)8-12/h3-4,10H,5-8H2,1-2H3. The van der Waals surface area contributed by atoms with Crippen LogP contribution in [0.2, 0.25) is 0 Å². The summed E-state index contributed by atoms with van der Waals surface area (Å²) in [6.07, 6.45) is 3.95. The van der Waals surface area contributed by atoms with Crippen molar-refractivity contribution in [3.05, 3.63) is 12.2 Å². The molecule has 0 fully saturated rings. The Morgan fingerprint density at radius 3 is 2.92 bits per heavy atom. The Bertz CT molecular complexity index is 184. The van der Waals surface area contributed by atoms with E-state index in [0.29, 0.717) is 0 Å². The van der Waals surface area contributed by atoms with Crippen LogP contribution >= 0.6 is 0 Å². The highest BCUT2D eigenvalue weighted by Gasteiger charge is 2.08. The van der Waals surface area contributed by atoms with Gasteiger partial charge in [-0.1, -0.05) is 6.08 Å². The molecule has 1 heterocycles. The van der Waals surface area contributed by atoms with E-state index in [1.807, 2.05) is 6.08 Å². The van der Waals surface area contributed by atoms with Crippen LogP contribution in [0.1, 0.15) is 0 Å². The van der Waals surface area contributed by atoms with Gasteiger partial charge in [0.1, 0.15) is 0 Å². The van der Waals surface area contributed by atoms with Crippen molar-refractivity contribution in [1.82, 2.24) is 9.80 Å². The van der Waals surface area contributed by atoms with Gasteiger partial charge in [-0.3, -0.25) is 4.90 Å². The second-order valence-electron chi connectivity index (χ2n) is 3.47. The fraction of sp³-hybridized carbons (Fsp3) is 0.667. The lowest BCUT2D eigenvalue weighted by Crippen LogP contribution is -2.37. The maximum absolute atomic E-state index is 7.46. The molecule has 0 radical (unpaired) electrons. The lowest BCUT2D eigenvalue weighted by atomic mass is 10.2. The fourth-order valence-corrected chi connectivity index (χ4v) is 1.21. The molecule has 0 aromatic rings. The Balaban J connectivity index is 2.25. The summed E-state index contributed by atoms with van der Waals surface area (Å²) in [6.45, 7) is 3.93. The first-order valence-electron chi connectivity index (χ1n) is 4.29. The number of hydrogen-bond donors (Lipinski definition) is 1. The van der Waals surface area contributed by atoms with Crippen LogP contribution in [0.25, 0.3) is 0 Å². The van der Waals surface area contributed by atoms with Crippen molar-refractivity contribution >= 4 is 5.71 Å². The molecule has 0 atom stereocenters. The van der Waals surface area contributed by atoms with Crippen molar-refractivity contribution in [3.8, 4) is 0 Å². The van der Waals surface area contributed by atoms with Gasteiger partial charge >= 0.3 is 0 Å². The molecule has 0 saturated heterocycles. The Morgan fingerprint density at radius 1 is 1.58 bits per heavy atom. The van der Waals surface area contributed by atoms with Gasteiger partial charge in [-0.25, -0.2) is 0 Å². The maximum Gasteiger partial charge on any atom is 0.0451 e. The normalized spacial score (nSPS) is 19.1. The predicted octanol–water partition coefficient (Wildman–Crippen LogP) is 0.440. The van der Waals surface area contributed by atoms with Crippen molar-refractivity contribution < 1.29 is 0 Å². The molecule has 0 unspecified atom stereocenters. The number of likely N-dealkylation sites (N-methyl/N-ethyl adjacent to an activating group) is 1. The molecule has 3 nitrogen and oxygen atoms in total. The highest BCUT2D eigenvalue weighted by Crippen LogP contribution is 1.97. The summed E-state index contributed by atoms with van der Waals surface area (Å²) in [7, 11) is 4.15. The van der Waals surface area contributed by atoms with Crippen molar-refractivity contribution in [3.63, 3.8) is 0 Å². The first kappa shape index (κ1) is 9.42. The van der Waals surface area contributed by atoms with Gasteiger partial charge in [0, 0.05) is 31.9 Å². The zero-order valence-corrected chi connectivity index (χ0v) is 7.88. The summed E-state index contributed by atoms with van der Waals surface area (Å²) in [5.41, 5.74) is 0.722. The summed E-state index contributed by atoms with van der Waals surface area (Å²) >= 11 is 0. The van der Waals surface area contributed by atoms with Crippen molar-refractivity contribution in [1.29, 1.82) is 5.41 Å². The van der Waals surface area contributed by atoms with E-state index in [1.54, 1.807) is 0 Å². The zero-order chi connectivity index (χ0) is 8.97. The third kappa shape index (κ3) is 3.15. The smallest absolute Gasteiger partial charge is 0.0451 e. The molecule has 12 heavy (non-hydrogen) atoms. The summed E-state index contributed by atoms with van der Waals surface area (Å²) in [4.78, 5) is 4.45. The molecule has 3 heteroatoms. The third-order valence-electron chi connectivity index (χ3n) is 1.94. The first-order chi connectivity index (χ1) is 5.68. The van der Waals surface area contributed by atoms with Crippen LogP contribution in [0.3, 0.4) is 0 Å². The van der Waals surface area contributed by atoms with Crippen LogP contribution in [0.4, 0.5) is 0 Å². The molecule has 0 aromatic carbocycles. The minimum atomic E-state index is 0.722. The minimum absolute atomic E-state index is 0.722. The number of rotatable bonds is 3. The van der Waals surface area contributed by atoms with Gasteiger partial charge in [-0.2, -0.15) is 0 Å². The summed E-state index contributed by atoms with van der Waals surface area (Å²) in [5.74, 6) is 0. The molecule has 0 amide bonds. The first-order valence-corrected chi connectivity index (χ1v) is 4.29. The average Bonchev–Trinajstić information content (AvgIpc) is 2.01. The van der Waals surface area contributed by atoms with Gasteiger partial charge in [0.05, 0.1) is 0 Å². The average molecular weight is 167 g/mol. The molecule has 1 aliphatic heterocycles. The molecular formula is C9H17N3. The van der Waals surface area contributed by atoms with E-state index in [2.05, 4.69) is 30.0 Å². The zero-order valence-electron chi connectivity index (χ0n) is 7.88. The highest BCUT2D eigenvalue weighted by molar-refractivity contribution is 5.94. The number of hydrogen-bond acceptors (Lipinski definition) is 3. The van der Waals surface area contributed by atoms with E-state index in [-0.39, 0.29) is 0 Å².